The Labute approximate surface area is 132 Å². The molecule has 0 aromatic rings. The summed E-state index contributed by atoms with van der Waals surface area (Å²) in [7, 11) is 0. The van der Waals surface area contributed by atoms with Gasteiger partial charge in [0.25, 0.3) is 0 Å². The number of rotatable bonds is 0. The molecular formula is C19H25NO2. The minimum atomic E-state index is -0.529. The smallest absolute Gasteiger partial charge is 0.178 e. The van der Waals surface area contributed by atoms with Crippen LogP contribution < -0.4 is 0 Å². The number of aliphatic hydroxyl groups is 1. The molecule has 0 aromatic carbocycles. The first-order valence-electron chi connectivity index (χ1n) is 8.25. The normalized spacial score (nSPS) is 43.4. The van der Waals surface area contributed by atoms with Crippen molar-refractivity contribution in [3.8, 4) is 6.07 Å². The molecule has 0 amide bonds. The van der Waals surface area contributed by atoms with E-state index < -0.39 is 5.41 Å². The zero-order valence-electron chi connectivity index (χ0n) is 13.9. The van der Waals surface area contributed by atoms with Crippen LogP contribution in [0.4, 0.5) is 0 Å². The van der Waals surface area contributed by atoms with Gasteiger partial charge >= 0.3 is 0 Å². The fourth-order valence-corrected chi connectivity index (χ4v) is 5.43. The Morgan fingerprint density at radius 1 is 1.27 bits per heavy atom. The monoisotopic (exact) mass is 299 g/mol. The molecule has 1 saturated carbocycles. The van der Waals surface area contributed by atoms with Crippen molar-refractivity contribution >= 4 is 5.78 Å². The van der Waals surface area contributed by atoms with E-state index in [0.717, 1.165) is 25.7 Å². The third-order valence-electron chi connectivity index (χ3n) is 6.66. The van der Waals surface area contributed by atoms with Gasteiger partial charge in [-0.05, 0) is 31.6 Å². The predicted octanol–water partition coefficient (Wildman–Crippen LogP) is 3.55. The maximum atomic E-state index is 12.6. The topological polar surface area (TPSA) is 61.1 Å². The molecule has 0 radical (unpaired) electrons. The van der Waals surface area contributed by atoms with Crippen molar-refractivity contribution in [3.63, 3.8) is 0 Å². The van der Waals surface area contributed by atoms with Gasteiger partial charge in [-0.2, -0.15) is 5.26 Å². The highest BCUT2D eigenvalue weighted by molar-refractivity contribution is 6.04. The van der Waals surface area contributed by atoms with E-state index in [0.29, 0.717) is 0 Å². The van der Waals surface area contributed by atoms with Gasteiger partial charge in [0.1, 0.15) is 6.07 Å². The van der Waals surface area contributed by atoms with Crippen LogP contribution in [0.15, 0.2) is 23.3 Å². The Balaban J connectivity index is 2.22. The van der Waals surface area contributed by atoms with Gasteiger partial charge in [-0.15, -0.1) is 0 Å². The van der Waals surface area contributed by atoms with Crippen LogP contribution in [0.25, 0.3) is 0 Å². The molecule has 3 nitrogen and oxygen atoms in total. The highest BCUT2D eigenvalue weighted by atomic mass is 16.3. The molecule has 22 heavy (non-hydrogen) atoms. The van der Waals surface area contributed by atoms with Gasteiger partial charge in [0.05, 0.1) is 11.7 Å². The Morgan fingerprint density at radius 3 is 2.59 bits per heavy atom. The number of fused-ring (bicyclic) bond motifs is 3. The molecule has 1 N–H and O–H groups in total. The Morgan fingerprint density at radius 2 is 1.95 bits per heavy atom. The van der Waals surface area contributed by atoms with Crippen molar-refractivity contribution in [1.82, 2.24) is 0 Å². The molecule has 0 saturated heterocycles. The van der Waals surface area contributed by atoms with E-state index in [9.17, 15) is 15.2 Å². The van der Waals surface area contributed by atoms with Gasteiger partial charge in [-0.25, -0.2) is 0 Å². The lowest BCUT2D eigenvalue weighted by Gasteiger charge is -2.59. The van der Waals surface area contributed by atoms with E-state index in [1.54, 1.807) is 0 Å². The lowest BCUT2D eigenvalue weighted by atomic mass is 9.44. The van der Waals surface area contributed by atoms with Gasteiger partial charge in [0.2, 0.25) is 0 Å². The molecule has 0 aliphatic heterocycles. The summed E-state index contributed by atoms with van der Waals surface area (Å²) in [6.07, 6.45) is 7.33. The lowest BCUT2D eigenvalue weighted by molar-refractivity contribution is -0.131. The summed E-state index contributed by atoms with van der Waals surface area (Å²) in [6.45, 7) is 8.26. The highest BCUT2D eigenvalue weighted by Crippen LogP contribution is 2.64. The molecule has 0 bridgehead atoms. The van der Waals surface area contributed by atoms with Gasteiger partial charge in [-0.1, -0.05) is 45.4 Å². The van der Waals surface area contributed by atoms with Crippen LogP contribution in [0.3, 0.4) is 0 Å². The van der Waals surface area contributed by atoms with Crippen LogP contribution >= 0.6 is 0 Å². The molecule has 0 unspecified atom stereocenters. The van der Waals surface area contributed by atoms with Crippen molar-refractivity contribution in [3.05, 3.63) is 23.3 Å². The molecule has 3 aliphatic rings. The number of Topliss-reactive ketones (excluding diaryl/α,β-unsaturated/α-hetero) is 1. The molecule has 3 aliphatic carbocycles. The summed E-state index contributed by atoms with van der Waals surface area (Å²) >= 11 is 0. The van der Waals surface area contributed by atoms with Crippen LogP contribution in [-0.4, -0.2) is 17.0 Å². The fourth-order valence-electron chi connectivity index (χ4n) is 5.43. The fraction of sp³-hybridized carbons (Fsp3) is 0.684. The molecule has 1 fully saturated rings. The SMILES string of the molecule is CC1(C)C(=O)C(C#N)=C[C@]2(C)C3=CCC[C@@H](O)[C@]3(C)CC[C@@H]12. The van der Waals surface area contributed by atoms with E-state index >= 15 is 0 Å². The largest absolute Gasteiger partial charge is 0.392 e. The summed E-state index contributed by atoms with van der Waals surface area (Å²) in [5, 5.41) is 20.0. The first-order valence-corrected chi connectivity index (χ1v) is 8.25. The number of carbonyl (C=O) groups excluding carboxylic acids is 1. The van der Waals surface area contributed by atoms with E-state index in [4.69, 9.17) is 0 Å². The minimum Gasteiger partial charge on any atom is -0.392 e. The Hall–Kier alpha value is -1.40. The average Bonchev–Trinajstić information content (AvgIpc) is 2.45. The maximum Gasteiger partial charge on any atom is 0.178 e. The van der Waals surface area contributed by atoms with Gasteiger partial charge < -0.3 is 5.11 Å². The number of nitriles is 1. The van der Waals surface area contributed by atoms with Crippen molar-refractivity contribution in [2.75, 3.05) is 0 Å². The number of aliphatic hydroxyl groups excluding tert-OH is 1. The highest BCUT2D eigenvalue weighted by Gasteiger charge is 2.59. The van der Waals surface area contributed by atoms with Gasteiger partial charge in [-0.3, -0.25) is 4.79 Å². The average molecular weight is 299 g/mol. The number of hydrogen-bond acceptors (Lipinski definition) is 3. The van der Waals surface area contributed by atoms with Gasteiger partial charge in [0.15, 0.2) is 5.78 Å². The zero-order chi connectivity index (χ0) is 16.3. The quantitative estimate of drug-likeness (QED) is 0.696. The Kier molecular flexibility index (Phi) is 3.21. The maximum absolute atomic E-state index is 12.6. The standard InChI is InChI=1S/C19H25NO2/c1-17(2)13-8-9-18(3)14(6-5-7-15(18)21)19(13,4)10-12(11-20)16(17)22/h6,10,13,15,21H,5,7-9H2,1-4H3/t13-,15+,18+,19-/m0/s1. The number of nitrogens with zero attached hydrogens (tertiary/aromatic N) is 1. The predicted molar refractivity (Wildman–Crippen MR) is 84.7 cm³/mol. The van der Waals surface area contributed by atoms with E-state index in [1.165, 1.54) is 5.57 Å². The van der Waals surface area contributed by atoms with Crippen LogP contribution in [0.5, 0.6) is 0 Å². The molecular weight excluding hydrogens is 274 g/mol. The first kappa shape index (κ1) is 15.5. The summed E-state index contributed by atoms with van der Waals surface area (Å²) in [5.41, 5.74) is 0.463. The van der Waals surface area contributed by atoms with Crippen molar-refractivity contribution in [2.45, 2.75) is 59.5 Å². The molecule has 0 heterocycles. The second-order valence-electron chi connectivity index (χ2n) is 8.22. The number of hydrogen-bond donors (Lipinski definition) is 1. The van der Waals surface area contributed by atoms with Crippen LogP contribution in [0.1, 0.15) is 53.4 Å². The lowest BCUT2D eigenvalue weighted by Crippen LogP contribution is -2.55. The molecule has 118 valence electrons. The van der Waals surface area contributed by atoms with E-state index in [-0.39, 0.29) is 34.2 Å². The van der Waals surface area contributed by atoms with E-state index in [2.05, 4.69) is 26.0 Å². The van der Waals surface area contributed by atoms with Crippen molar-refractivity contribution < 1.29 is 9.90 Å². The molecule has 0 aromatic heterocycles. The van der Waals surface area contributed by atoms with Crippen molar-refractivity contribution in [2.24, 2.45) is 22.2 Å². The van der Waals surface area contributed by atoms with Crippen LogP contribution in [0.2, 0.25) is 0 Å². The summed E-state index contributed by atoms with van der Waals surface area (Å²) in [4.78, 5) is 12.6. The summed E-state index contributed by atoms with van der Waals surface area (Å²) in [5.74, 6) is 0.160. The van der Waals surface area contributed by atoms with Crippen LogP contribution in [-0.2, 0) is 4.79 Å². The minimum absolute atomic E-state index is 0.0296. The molecule has 4 atom stereocenters. The third-order valence-corrected chi connectivity index (χ3v) is 6.66. The number of carbonyl (C=O) groups is 1. The number of allylic oxidation sites excluding steroid dienone is 3. The Bertz CT molecular complexity index is 636. The third kappa shape index (κ3) is 1.74. The van der Waals surface area contributed by atoms with Gasteiger partial charge in [0, 0.05) is 16.2 Å². The number of ketones is 1. The molecule has 0 spiro atoms. The second-order valence-corrected chi connectivity index (χ2v) is 8.22. The van der Waals surface area contributed by atoms with E-state index in [1.807, 2.05) is 19.9 Å². The van der Waals surface area contributed by atoms with Crippen molar-refractivity contribution in [1.29, 1.82) is 5.26 Å². The summed E-state index contributed by atoms with van der Waals surface area (Å²) < 4.78 is 0. The first-order chi connectivity index (χ1) is 10.2. The molecule has 3 heteroatoms. The molecule has 3 rings (SSSR count). The zero-order valence-corrected chi connectivity index (χ0v) is 13.9. The summed E-state index contributed by atoms with van der Waals surface area (Å²) in [6, 6.07) is 2.11. The second kappa shape index (κ2) is 4.55. The van der Waals surface area contributed by atoms with Crippen LogP contribution in [0, 0.1) is 33.5 Å².